The molecule has 1 aliphatic rings. The van der Waals surface area contributed by atoms with Crippen LogP contribution in [0.4, 0.5) is 0 Å². The molecular weight excluding hydrogens is 182 g/mol. The molecule has 1 aromatic rings. The highest BCUT2D eigenvalue weighted by Crippen LogP contribution is 2.20. The summed E-state index contributed by atoms with van der Waals surface area (Å²) < 4.78 is 0. The maximum Gasteiger partial charge on any atom is -0.00433 e. The molecule has 1 N–H and O–H groups in total. The predicted octanol–water partition coefficient (Wildman–Crippen LogP) is 3.09. The lowest BCUT2D eigenvalue weighted by Crippen LogP contribution is -2.26. The van der Waals surface area contributed by atoms with E-state index < -0.39 is 0 Å². The van der Waals surface area contributed by atoms with E-state index in [4.69, 9.17) is 0 Å². The highest BCUT2D eigenvalue weighted by molar-refractivity contribution is 5.63. The zero-order chi connectivity index (χ0) is 10.5. The lowest BCUT2D eigenvalue weighted by atomic mass is 9.94. The van der Waals surface area contributed by atoms with Crippen LogP contribution in [0.25, 0.3) is 5.57 Å². The van der Waals surface area contributed by atoms with Crippen LogP contribution in [-0.2, 0) is 0 Å². The van der Waals surface area contributed by atoms with Gasteiger partial charge < -0.3 is 5.32 Å². The zero-order valence-corrected chi connectivity index (χ0v) is 9.37. The molecule has 0 saturated carbocycles. The molecule has 0 radical (unpaired) electrons. The van der Waals surface area contributed by atoms with Crippen LogP contribution in [-0.4, -0.2) is 13.1 Å². The normalized spacial score (nSPS) is 19.1. The molecule has 1 aliphatic heterocycles. The van der Waals surface area contributed by atoms with Crippen molar-refractivity contribution < 1.29 is 0 Å². The average Bonchev–Trinajstić information content (AvgIpc) is 2.31. The van der Waals surface area contributed by atoms with Crippen molar-refractivity contribution in [3.05, 3.63) is 42.0 Å². The van der Waals surface area contributed by atoms with Crippen LogP contribution < -0.4 is 5.32 Å². The summed E-state index contributed by atoms with van der Waals surface area (Å²) in [5, 5.41) is 3.40. The van der Waals surface area contributed by atoms with Crippen molar-refractivity contribution in [3.8, 4) is 0 Å². The molecule has 15 heavy (non-hydrogen) atoms. The Kier molecular flexibility index (Phi) is 3.57. The fourth-order valence-electron chi connectivity index (χ4n) is 2.16. The fourth-order valence-corrected chi connectivity index (χ4v) is 2.16. The first-order valence-electron chi connectivity index (χ1n) is 5.81. The molecule has 1 nitrogen and oxygen atoms in total. The minimum atomic E-state index is 0.770. The second kappa shape index (κ2) is 5.13. The Hall–Kier alpha value is -1.08. The van der Waals surface area contributed by atoms with Crippen molar-refractivity contribution in [2.75, 3.05) is 13.1 Å². The van der Waals surface area contributed by atoms with Gasteiger partial charge in [0.1, 0.15) is 0 Å². The lowest BCUT2D eigenvalue weighted by molar-refractivity contribution is 0.437. The third-order valence-electron chi connectivity index (χ3n) is 3.10. The molecule has 1 heterocycles. The molecule has 1 fully saturated rings. The second-order valence-electron chi connectivity index (χ2n) is 4.30. The molecule has 0 aliphatic carbocycles. The molecule has 0 spiro atoms. The number of rotatable bonds is 2. The van der Waals surface area contributed by atoms with E-state index in [1.165, 1.54) is 37.1 Å². The molecule has 0 unspecified atom stereocenters. The van der Waals surface area contributed by atoms with E-state index in [9.17, 15) is 0 Å². The van der Waals surface area contributed by atoms with E-state index in [1.54, 1.807) is 0 Å². The summed E-state index contributed by atoms with van der Waals surface area (Å²) in [6.45, 7) is 4.56. The Labute approximate surface area is 92.2 Å². The van der Waals surface area contributed by atoms with Gasteiger partial charge in [-0.1, -0.05) is 36.4 Å². The van der Waals surface area contributed by atoms with E-state index in [-0.39, 0.29) is 0 Å². The van der Waals surface area contributed by atoms with Crippen LogP contribution in [0.5, 0.6) is 0 Å². The molecule has 0 atom stereocenters. The van der Waals surface area contributed by atoms with Gasteiger partial charge in [0.15, 0.2) is 0 Å². The highest BCUT2D eigenvalue weighted by atomic mass is 14.9. The molecule has 0 amide bonds. The number of hydrogen-bond donors (Lipinski definition) is 1. The topological polar surface area (TPSA) is 12.0 Å². The van der Waals surface area contributed by atoms with Crippen LogP contribution in [0, 0.1) is 5.92 Å². The Bertz CT molecular complexity index is 320. The summed E-state index contributed by atoms with van der Waals surface area (Å²) in [7, 11) is 0. The van der Waals surface area contributed by atoms with Crippen LogP contribution in [0.3, 0.4) is 0 Å². The van der Waals surface area contributed by atoms with Crippen molar-refractivity contribution in [1.29, 1.82) is 0 Å². The zero-order valence-electron chi connectivity index (χ0n) is 9.37. The fraction of sp³-hybridized carbons (Fsp3) is 0.429. The summed E-state index contributed by atoms with van der Waals surface area (Å²) in [5.41, 5.74) is 2.78. The summed E-state index contributed by atoms with van der Waals surface area (Å²) in [6.07, 6.45) is 5.00. The first kappa shape index (κ1) is 10.4. The Morgan fingerprint density at radius 3 is 2.53 bits per heavy atom. The Balaban J connectivity index is 2.06. The van der Waals surface area contributed by atoms with Gasteiger partial charge in [-0.15, -0.1) is 0 Å². The minimum absolute atomic E-state index is 0.770. The first-order valence-corrected chi connectivity index (χ1v) is 5.81. The van der Waals surface area contributed by atoms with E-state index in [2.05, 4.69) is 48.6 Å². The Morgan fingerprint density at radius 2 is 1.87 bits per heavy atom. The predicted molar refractivity (Wildman–Crippen MR) is 65.7 cm³/mol. The summed E-state index contributed by atoms with van der Waals surface area (Å²) in [6, 6.07) is 10.7. The molecule has 1 heteroatoms. The van der Waals surface area contributed by atoms with Crippen molar-refractivity contribution in [3.63, 3.8) is 0 Å². The monoisotopic (exact) mass is 201 g/mol. The van der Waals surface area contributed by atoms with Gasteiger partial charge in [-0.25, -0.2) is 0 Å². The molecule has 1 saturated heterocycles. The molecule has 80 valence electrons. The maximum atomic E-state index is 3.40. The third kappa shape index (κ3) is 2.93. The van der Waals surface area contributed by atoms with Gasteiger partial charge in [-0.3, -0.25) is 0 Å². The lowest BCUT2D eigenvalue weighted by Gasteiger charge is -2.20. The number of nitrogens with one attached hydrogen (secondary N) is 1. The number of hydrogen-bond acceptors (Lipinski definition) is 1. The van der Waals surface area contributed by atoms with E-state index in [0.29, 0.717) is 0 Å². The van der Waals surface area contributed by atoms with Gasteiger partial charge in [-0.05, 0) is 49.9 Å². The second-order valence-corrected chi connectivity index (χ2v) is 4.30. The smallest absolute Gasteiger partial charge is 0.00433 e. The van der Waals surface area contributed by atoms with E-state index in [1.807, 2.05) is 0 Å². The van der Waals surface area contributed by atoms with Crippen LogP contribution in [0.15, 0.2) is 36.4 Å². The molecular formula is C14H19N. The van der Waals surface area contributed by atoms with Gasteiger partial charge >= 0.3 is 0 Å². The summed E-state index contributed by atoms with van der Waals surface area (Å²) in [4.78, 5) is 0. The SMILES string of the molecule is C/C(=C/C1CCNCC1)c1ccccc1. The van der Waals surface area contributed by atoms with Crippen molar-refractivity contribution >= 4 is 5.57 Å². The quantitative estimate of drug-likeness (QED) is 0.775. The van der Waals surface area contributed by atoms with E-state index >= 15 is 0 Å². The van der Waals surface area contributed by atoms with Crippen molar-refractivity contribution in [1.82, 2.24) is 5.32 Å². The van der Waals surface area contributed by atoms with E-state index in [0.717, 1.165) is 5.92 Å². The van der Waals surface area contributed by atoms with Gasteiger partial charge in [0.2, 0.25) is 0 Å². The van der Waals surface area contributed by atoms with Gasteiger partial charge in [0.05, 0.1) is 0 Å². The van der Waals surface area contributed by atoms with Crippen LogP contribution in [0.2, 0.25) is 0 Å². The standard InChI is InChI=1S/C14H19N/c1-12(14-5-3-2-4-6-14)11-13-7-9-15-10-8-13/h2-6,11,13,15H,7-10H2,1H3/b12-11-. The number of allylic oxidation sites excluding steroid dienone is 2. The molecule has 1 aromatic carbocycles. The average molecular weight is 201 g/mol. The summed E-state index contributed by atoms with van der Waals surface area (Å²) >= 11 is 0. The third-order valence-corrected chi connectivity index (χ3v) is 3.10. The van der Waals surface area contributed by atoms with Crippen molar-refractivity contribution in [2.45, 2.75) is 19.8 Å². The number of piperidine rings is 1. The summed E-state index contributed by atoms with van der Waals surface area (Å²) in [5.74, 6) is 0.770. The van der Waals surface area contributed by atoms with Gasteiger partial charge in [0, 0.05) is 0 Å². The highest BCUT2D eigenvalue weighted by Gasteiger charge is 2.10. The van der Waals surface area contributed by atoms with Crippen LogP contribution >= 0.6 is 0 Å². The molecule has 0 aromatic heterocycles. The first-order chi connectivity index (χ1) is 7.36. The van der Waals surface area contributed by atoms with Gasteiger partial charge in [-0.2, -0.15) is 0 Å². The maximum absolute atomic E-state index is 3.40. The molecule has 2 rings (SSSR count). The minimum Gasteiger partial charge on any atom is -0.317 e. The van der Waals surface area contributed by atoms with Crippen molar-refractivity contribution in [2.24, 2.45) is 5.92 Å². The van der Waals surface area contributed by atoms with Crippen LogP contribution in [0.1, 0.15) is 25.3 Å². The Morgan fingerprint density at radius 1 is 1.20 bits per heavy atom. The molecule has 0 bridgehead atoms. The largest absolute Gasteiger partial charge is 0.317 e. The number of benzene rings is 1. The van der Waals surface area contributed by atoms with Gasteiger partial charge in [0.25, 0.3) is 0 Å².